The number of primary amides is 1. The second-order valence-corrected chi connectivity index (χ2v) is 9.55. The molecule has 1 aromatic carbocycles. The minimum absolute atomic E-state index is 0.0162. The number of carbonyl (C=O) groups excluding carboxylic acids is 3. The van der Waals surface area contributed by atoms with Crippen LogP contribution in [0.4, 0.5) is 0 Å². The Balaban J connectivity index is 1.94. The molecule has 4 N–H and O–H groups in total. The molecule has 1 unspecified atom stereocenters. The summed E-state index contributed by atoms with van der Waals surface area (Å²) in [6.45, 7) is 11.9. The molecule has 1 aliphatic rings. The Kier molecular flexibility index (Phi) is 8.01. The van der Waals surface area contributed by atoms with Gasteiger partial charge in [-0.15, -0.1) is 0 Å². The minimum atomic E-state index is -0.608. The zero-order valence-corrected chi connectivity index (χ0v) is 18.8. The van der Waals surface area contributed by atoms with Crippen molar-refractivity contribution >= 4 is 17.7 Å². The molecular weight excluding hydrogens is 380 g/mol. The zero-order valence-electron chi connectivity index (χ0n) is 18.8. The summed E-state index contributed by atoms with van der Waals surface area (Å²) < 4.78 is 0. The van der Waals surface area contributed by atoms with Crippen LogP contribution in [0.25, 0.3) is 0 Å². The first kappa shape index (κ1) is 23.9. The summed E-state index contributed by atoms with van der Waals surface area (Å²) in [7, 11) is 0. The predicted molar refractivity (Wildman–Crippen MR) is 118 cm³/mol. The van der Waals surface area contributed by atoms with Gasteiger partial charge in [0.1, 0.15) is 6.04 Å². The van der Waals surface area contributed by atoms with Gasteiger partial charge in [0.15, 0.2) is 0 Å². The van der Waals surface area contributed by atoms with Gasteiger partial charge in [-0.2, -0.15) is 0 Å². The molecule has 1 aromatic rings. The van der Waals surface area contributed by atoms with Crippen LogP contribution in [0.2, 0.25) is 0 Å². The number of nitrogens with zero attached hydrogens (tertiary/aromatic N) is 1. The molecule has 0 bridgehead atoms. The summed E-state index contributed by atoms with van der Waals surface area (Å²) in [4.78, 5) is 38.6. The maximum atomic E-state index is 12.9. The standard InChI is InChI=1S/C23H36N4O3/c1-15(2)20(22(30)25-18-10-12-27(13-11-18)14-19(24)28)26-21(29)16-6-8-17(9-7-16)23(3,4)5/h6-9,15,18,20H,10-14H2,1-5H3,(H2,24,28)(H,25,30)(H,26,29). The number of nitrogens with one attached hydrogen (secondary N) is 2. The van der Waals surface area contributed by atoms with E-state index in [2.05, 4.69) is 31.4 Å². The first-order chi connectivity index (χ1) is 14.0. The van der Waals surface area contributed by atoms with Crippen molar-refractivity contribution in [3.63, 3.8) is 0 Å². The Bertz CT molecular complexity index is 745. The monoisotopic (exact) mass is 416 g/mol. The average Bonchev–Trinajstić information content (AvgIpc) is 2.66. The third-order valence-corrected chi connectivity index (χ3v) is 5.56. The number of benzene rings is 1. The Morgan fingerprint density at radius 3 is 2.13 bits per heavy atom. The molecule has 0 spiro atoms. The van der Waals surface area contributed by atoms with E-state index in [1.165, 1.54) is 0 Å². The van der Waals surface area contributed by atoms with E-state index >= 15 is 0 Å². The molecule has 166 valence electrons. The maximum Gasteiger partial charge on any atom is 0.251 e. The molecule has 1 fully saturated rings. The van der Waals surface area contributed by atoms with E-state index in [-0.39, 0.29) is 41.6 Å². The Hall–Kier alpha value is -2.41. The van der Waals surface area contributed by atoms with Gasteiger partial charge in [0.2, 0.25) is 11.8 Å². The van der Waals surface area contributed by atoms with Crippen LogP contribution in [-0.4, -0.2) is 54.3 Å². The van der Waals surface area contributed by atoms with Crippen molar-refractivity contribution in [2.24, 2.45) is 11.7 Å². The third-order valence-electron chi connectivity index (χ3n) is 5.56. The second kappa shape index (κ2) is 10.1. The molecule has 30 heavy (non-hydrogen) atoms. The SMILES string of the molecule is CC(C)C(NC(=O)c1ccc(C(C)(C)C)cc1)C(=O)NC1CCN(CC(N)=O)CC1. The van der Waals surface area contributed by atoms with E-state index < -0.39 is 6.04 Å². The van der Waals surface area contributed by atoms with Crippen LogP contribution in [0.15, 0.2) is 24.3 Å². The molecule has 0 aromatic heterocycles. The Morgan fingerprint density at radius 2 is 1.67 bits per heavy atom. The van der Waals surface area contributed by atoms with Crippen LogP contribution in [-0.2, 0) is 15.0 Å². The van der Waals surface area contributed by atoms with Crippen molar-refractivity contribution in [3.05, 3.63) is 35.4 Å². The second-order valence-electron chi connectivity index (χ2n) is 9.55. The van der Waals surface area contributed by atoms with E-state index in [4.69, 9.17) is 5.73 Å². The number of hydrogen-bond donors (Lipinski definition) is 3. The van der Waals surface area contributed by atoms with Crippen molar-refractivity contribution < 1.29 is 14.4 Å². The fourth-order valence-electron chi connectivity index (χ4n) is 3.63. The summed E-state index contributed by atoms with van der Waals surface area (Å²) in [5.74, 6) is -0.799. The molecule has 1 atom stereocenters. The van der Waals surface area contributed by atoms with Gasteiger partial charge in [0.05, 0.1) is 6.54 Å². The lowest BCUT2D eigenvalue weighted by molar-refractivity contribution is -0.125. The largest absolute Gasteiger partial charge is 0.369 e. The van der Waals surface area contributed by atoms with Crippen LogP contribution < -0.4 is 16.4 Å². The van der Waals surface area contributed by atoms with Crippen molar-refractivity contribution in [1.29, 1.82) is 0 Å². The molecule has 2 rings (SSSR count). The number of likely N-dealkylation sites (tertiary alicyclic amines) is 1. The number of amides is 3. The van der Waals surface area contributed by atoms with Crippen molar-refractivity contribution in [3.8, 4) is 0 Å². The summed E-state index contributed by atoms with van der Waals surface area (Å²) in [5, 5.41) is 5.96. The topological polar surface area (TPSA) is 105 Å². The highest BCUT2D eigenvalue weighted by molar-refractivity contribution is 5.97. The van der Waals surface area contributed by atoms with Gasteiger partial charge in [0, 0.05) is 24.7 Å². The molecule has 1 aliphatic heterocycles. The van der Waals surface area contributed by atoms with E-state index in [9.17, 15) is 14.4 Å². The molecule has 1 saturated heterocycles. The first-order valence-corrected chi connectivity index (χ1v) is 10.7. The molecule has 1 heterocycles. The highest BCUT2D eigenvalue weighted by Gasteiger charge is 2.28. The smallest absolute Gasteiger partial charge is 0.251 e. The lowest BCUT2D eigenvalue weighted by Gasteiger charge is -2.33. The molecule has 0 radical (unpaired) electrons. The number of piperidine rings is 1. The molecule has 3 amide bonds. The molecule has 7 heteroatoms. The van der Waals surface area contributed by atoms with Gasteiger partial charge >= 0.3 is 0 Å². The fourth-order valence-corrected chi connectivity index (χ4v) is 3.63. The minimum Gasteiger partial charge on any atom is -0.369 e. The number of rotatable bonds is 7. The number of hydrogen-bond acceptors (Lipinski definition) is 4. The first-order valence-electron chi connectivity index (χ1n) is 10.7. The van der Waals surface area contributed by atoms with E-state index in [0.29, 0.717) is 18.7 Å². The lowest BCUT2D eigenvalue weighted by Crippen LogP contribution is -2.54. The summed E-state index contributed by atoms with van der Waals surface area (Å²) in [5.41, 5.74) is 6.96. The van der Waals surface area contributed by atoms with Gasteiger partial charge in [-0.3, -0.25) is 19.3 Å². The Morgan fingerprint density at radius 1 is 1.10 bits per heavy atom. The molecule has 0 aliphatic carbocycles. The van der Waals surface area contributed by atoms with E-state index in [0.717, 1.165) is 18.4 Å². The number of carbonyl (C=O) groups is 3. The van der Waals surface area contributed by atoms with E-state index in [1.54, 1.807) is 12.1 Å². The van der Waals surface area contributed by atoms with Crippen molar-refractivity contribution in [2.45, 2.75) is 65.0 Å². The molecule has 0 saturated carbocycles. The van der Waals surface area contributed by atoms with Gasteiger partial charge < -0.3 is 16.4 Å². The fraction of sp³-hybridized carbons (Fsp3) is 0.609. The van der Waals surface area contributed by atoms with Gasteiger partial charge in [0.25, 0.3) is 5.91 Å². The van der Waals surface area contributed by atoms with Crippen LogP contribution >= 0.6 is 0 Å². The van der Waals surface area contributed by atoms with Crippen molar-refractivity contribution in [2.75, 3.05) is 19.6 Å². The average molecular weight is 417 g/mol. The summed E-state index contributed by atoms with van der Waals surface area (Å²) in [6.07, 6.45) is 1.51. The molecular formula is C23H36N4O3. The highest BCUT2D eigenvalue weighted by atomic mass is 16.2. The maximum absolute atomic E-state index is 12.9. The zero-order chi connectivity index (χ0) is 22.5. The number of nitrogens with two attached hydrogens (primary N) is 1. The van der Waals surface area contributed by atoms with Gasteiger partial charge in [-0.05, 0) is 41.9 Å². The normalized spacial score (nSPS) is 16.9. The lowest BCUT2D eigenvalue weighted by atomic mass is 9.86. The third kappa shape index (κ3) is 6.83. The molecule has 7 nitrogen and oxygen atoms in total. The quantitative estimate of drug-likeness (QED) is 0.630. The Labute approximate surface area is 179 Å². The summed E-state index contributed by atoms with van der Waals surface area (Å²) in [6, 6.07) is 6.95. The van der Waals surface area contributed by atoms with Crippen LogP contribution in [0.5, 0.6) is 0 Å². The van der Waals surface area contributed by atoms with Crippen LogP contribution in [0.3, 0.4) is 0 Å². The van der Waals surface area contributed by atoms with Crippen LogP contribution in [0, 0.1) is 5.92 Å². The summed E-state index contributed by atoms with van der Waals surface area (Å²) >= 11 is 0. The predicted octanol–water partition coefficient (Wildman–Crippen LogP) is 1.80. The van der Waals surface area contributed by atoms with E-state index in [1.807, 2.05) is 30.9 Å². The van der Waals surface area contributed by atoms with Gasteiger partial charge in [-0.25, -0.2) is 0 Å². The highest BCUT2D eigenvalue weighted by Crippen LogP contribution is 2.22. The van der Waals surface area contributed by atoms with Crippen molar-refractivity contribution in [1.82, 2.24) is 15.5 Å². The van der Waals surface area contributed by atoms with Crippen LogP contribution in [0.1, 0.15) is 63.4 Å². The van der Waals surface area contributed by atoms with Gasteiger partial charge in [-0.1, -0.05) is 46.8 Å².